The topological polar surface area (TPSA) is 75.9 Å². The molecule has 1 atom stereocenters. The lowest BCUT2D eigenvalue weighted by molar-refractivity contribution is 0.766. The van der Waals surface area contributed by atoms with E-state index in [0.29, 0.717) is 12.0 Å². The van der Waals surface area contributed by atoms with E-state index in [2.05, 4.69) is 33.9 Å². The van der Waals surface area contributed by atoms with Crippen molar-refractivity contribution in [2.45, 2.75) is 19.4 Å². The summed E-state index contributed by atoms with van der Waals surface area (Å²) in [4.78, 5) is 8.11. The maximum absolute atomic E-state index is 5.22. The molecule has 84 valence electrons. The number of hydrogen-bond acceptors (Lipinski definition) is 6. The van der Waals surface area contributed by atoms with Crippen molar-refractivity contribution in [1.29, 1.82) is 0 Å². The van der Waals surface area contributed by atoms with E-state index in [1.807, 2.05) is 17.8 Å². The van der Waals surface area contributed by atoms with Gasteiger partial charge in [0, 0.05) is 12.2 Å². The highest BCUT2D eigenvalue weighted by molar-refractivity contribution is 7.98. The molecule has 1 rings (SSSR count). The predicted octanol–water partition coefficient (Wildman–Crippen LogP) is 1.32. The van der Waals surface area contributed by atoms with Crippen molar-refractivity contribution in [1.82, 2.24) is 9.97 Å². The van der Waals surface area contributed by atoms with Crippen molar-refractivity contribution in [3.8, 4) is 0 Å². The zero-order chi connectivity index (χ0) is 11.1. The molecule has 0 spiro atoms. The van der Waals surface area contributed by atoms with Gasteiger partial charge >= 0.3 is 0 Å². The van der Waals surface area contributed by atoms with Crippen molar-refractivity contribution in [3.63, 3.8) is 0 Å². The van der Waals surface area contributed by atoms with E-state index in [4.69, 9.17) is 5.84 Å². The Kier molecular flexibility index (Phi) is 5.20. The Labute approximate surface area is 94.2 Å². The van der Waals surface area contributed by atoms with Crippen molar-refractivity contribution >= 4 is 23.5 Å². The minimum atomic E-state index is 0.401. The standard InChI is InChI=1S/C9H17N5S/c1-7(4-6-15-2)12-8-3-5-11-9(13-8)14-10/h3,5,7H,4,6,10H2,1-2H3,(H2,11,12,13,14). The molecule has 4 N–H and O–H groups in total. The van der Waals surface area contributed by atoms with Gasteiger partial charge in [-0.05, 0) is 31.4 Å². The minimum Gasteiger partial charge on any atom is -0.367 e. The van der Waals surface area contributed by atoms with E-state index >= 15 is 0 Å². The van der Waals surface area contributed by atoms with Crippen LogP contribution in [0.3, 0.4) is 0 Å². The Morgan fingerprint density at radius 3 is 3.07 bits per heavy atom. The summed E-state index contributed by atoms with van der Waals surface area (Å²) < 4.78 is 0. The summed E-state index contributed by atoms with van der Waals surface area (Å²) in [6, 6.07) is 2.23. The second-order valence-electron chi connectivity index (χ2n) is 3.24. The van der Waals surface area contributed by atoms with Crippen LogP contribution in [0.15, 0.2) is 12.3 Å². The van der Waals surface area contributed by atoms with Crippen LogP contribution in [0.5, 0.6) is 0 Å². The smallest absolute Gasteiger partial charge is 0.239 e. The largest absolute Gasteiger partial charge is 0.367 e. The Balaban J connectivity index is 2.48. The SMILES string of the molecule is CSCCC(C)Nc1ccnc(NN)n1. The average molecular weight is 227 g/mol. The maximum atomic E-state index is 5.22. The van der Waals surface area contributed by atoms with Gasteiger partial charge < -0.3 is 5.32 Å². The van der Waals surface area contributed by atoms with E-state index < -0.39 is 0 Å². The van der Waals surface area contributed by atoms with Gasteiger partial charge in [-0.3, -0.25) is 5.43 Å². The lowest BCUT2D eigenvalue weighted by atomic mass is 10.2. The fourth-order valence-electron chi connectivity index (χ4n) is 1.13. The molecule has 0 radical (unpaired) electrons. The van der Waals surface area contributed by atoms with Gasteiger partial charge in [0.2, 0.25) is 5.95 Å². The molecule has 1 aromatic heterocycles. The molecular weight excluding hydrogens is 210 g/mol. The van der Waals surface area contributed by atoms with Gasteiger partial charge in [-0.2, -0.15) is 16.7 Å². The highest BCUT2D eigenvalue weighted by Gasteiger charge is 2.03. The van der Waals surface area contributed by atoms with Crippen molar-refractivity contribution in [2.24, 2.45) is 5.84 Å². The van der Waals surface area contributed by atoms with Gasteiger partial charge in [0.25, 0.3) is 0 Å². The number of hydrogen-bond donors (Lipinski definition) is 3. The second kappa shape index (κ2) is 6.47. The summed E-state index contributed by atoms with van der Waals surface area (Å²) in [7, 11) is 0. The van der Waals surface area contributed by atoms with E-state index in [1.54, 1.807) is 6.20 Å². The number of nitrogens with one attached hydrogen (secondary N) is 2. The molecule has 0 saturated heterocycles. The normalized spacial score (nSPS) is 12.2. The zero-order valence-electron chi connectivity index (χ0n) is 9.03. The second-order valence-corrected chi connectivity index (χ2v) is 4.22. The molecule has 0 aliphatic heterocycles. The summed E-state index contributed by atoms with van der Waals surface area (Å²) in [5, 5.41) is 3.29. The quantitative estimate of drug-likeness (QED) is 0.502. The molecule has 0 aromatic carbocycles. The molecule has 5 nitrogen and oxygen atoms in total. The molecule has 1 aromatic rings. The molecule has 15 heavy (non-hydrogen) atoms. The Morgan fingerprint density at radius 1 is 1.60 bits per heavy atom. The highest BCUT2D eigenvalue weighted by atomic mass is 32.2. The van der Waals surface area contributed by atoms with Gasteiger partial charge in [0.05, 0.1) is 0 Å². The number of thioether (sulfide) groups is 1. The number of nitrogen functional groups attached to an aromatic ring is 1. The molecule has 0 aliphatic carbocycles. The highest BCUT2D eigenvalue weighted by Crippen LogP contribution is 2.09. The summed E-state index contributed by atoms with van der Waals surface area (Å²) in [6.07, 6.45) is 4.89. The van der Waals surface area contributed by atoms with Gasteiger partial charge in [-0.15, -0.1) is 0 Å². The van der Waals surface area contributed by atoms with Crippen molar-refractivity contribution < 1.29 is 0 Å². The first-order valence-electron chi connectivity index (χ1n) is 4.81. The summed E-state index contributed by atoms with van der Waals surface area (Å²) in [5.41, 5.74) is 2.42. The van der Waals surface area contributed by atoms with Gasteiger partial charge in [0.15, 0.2) is 0 Å². The number of hydrazine groups is 1. The van der Waals surface area contributed by atoms with Crippen LogP contribution in [0.1, 0.15) is 13.3 Å². The number of nitrogens with zero attached hydrogens (tertiary/aromatic N) is 2. The number of aromatic nitrogens is 2. The fraction of sp³-hybridized carbons (Fsp3) is 0.556. The van der Waals surface area contributed by atoms with Crippen LogP contribution in [0.25, 0.3) is 0 Å². The molecule has 0 aliphatic rings. The Morgan fingerprint density at radius 2 is 2.40 bits per heavy atom. The predicted molar refractivity (Wildman–Crippen MR) is 65.9 cm³/mol. The Bertz CT molecular complexity index is 294. The third-order valence-corrected chi connectivity index (χ3v) is 2.58. The van der Waals surface area contributed by atoms with E-state index in [0.717, 1.165) is 18.0 Å². The lowest BCUT2D eigenvalue weighted by Gasteiger charge is -2.13. The van der Waals surface area contributed by atoms with Crippen LogP contribution in [-0.2, 0) is 0 Å². The van der Waals surface area contributed by atoms with Crippen LogP contribution in [-0.4, -0.2) is 28.0 Å². The Hall–Kier alpha value is -1.01. The number of anilines is 2. The molecule has 0 amide bonds. The van der Waals surface area contributed by atoms with Crippen LogP contribution >= 0.6 is 11.8 Å². The van der Waals surface area contributed by atoms with Crippen molar-refractivity contribution in [3.05, 3.63) is 12.3 Å². The molecule has 0 saturated carbocycles. The molecule has 1 unspecified atom stereocenters. The minimum absolute atomic E-state index is 0.401. The maximum Gasteiger partial charge on any atom is 0.239 e. The summed E-state index contributed by atoms with van der Waals surface area (Å²) in [5.74, 6) is 7.59. The van der Waals surface area contributed by atoms with Crippen LogP contribution in [0.4, 0.5) is 11.8 Å². The van der Waals surface area contributed by atoms with Crippen molar-refractivity contribution in [2.75, 3.05) is 22.8 Å². The van der Waals surface area contributed by atoms with Crippen LogP contribution in [0, 0.1) is 0 Å². The van der Waals surface area contributed by atoms with Crippen LogP contribution in [0.2, 0.25) is 0 Å². The van der Waals surface area contributed by atoms with Gasteiger partial charge in [-0.1, -0.05) is 0 Å². The third kappa shape index (κ3) is 4.35. The monoisotopic (exact) mass is 227 g/mol. The van der Waals surface area contributed by atoms with E-state index in [-0.39, 0.29) is 0 Å². The number of rotatable bonds is 6. The summed E-state index contributed by atoms with van der Waals surface area (Å²) >= 11 is 1.84. The van der Waals surface area contributed by atoms with Gasteiger partial charge in [0.1, 0.15) is 5.82 Å². The molecule has 0 fully saturated rings. The first-order chi connectivity index (χ1) is 7.26. The first-order valence-corrected chi connectivity index (χ1v) is 6.20. The average Bonchev–Trinajstić information content (AvgIpc) is 2.26. The zero-order valence-corrected chi connectivity index (χ0v) is 9.84. The fourth-order valence-corrected chi connectivity index (χ4v) is 1.72. The third-order valence-electron chi connectivity index (χ3n) is 1.93. The molecule has 1 heterocycles. The first kappa shape index (κ1) is 12.1. The molecular formula is C9H17N5S. The lowest BCUT2D eigenvalue weighted by Crippen LogP contribution is -2.18. The van der Waals surface area contributed by atoms with E-state index in [9.17, 15) is 0 Å². The van der Waals surface area contributed by atoms with Crippen LogP contribution < -0.4 is 16.6 Å². The van der Waals surface area contributed by atoms with E-state index in [1.165, 1.54) is 0 Å². The molecule has 6 heteroatoms. The van der Waals surface area contributed by atoms with Gasteiger partial charge in [-0.25, -0.2) is 10.8 Å². The number of nitrogens with two attached hydrogens (primary N) is 1. The molecule has 0 bridgehead atoms. The summed E-state index contributed by atoms with van der Waals surface area (Å²) in [6.45, 7) is 2.13.